The molecule has 4 rings (SSSR count). The molecule has 36 heavy (non-hydrogen) atoms. The van der Waals surface area contributed by atoms with Crippen molar-refractivity contribution < 1.29 is 36.5 Å². The van der Waals surface area contributed by atoms with E-state index < -0.39 is 11.7 Å². The number of hydrogen-bond donors (Lipinski definition) is 0. The molecule has 1 saturated heterocycles. The van der Waals surface area contributed by atoms with E-state index in [2.05, 4.69) is 4.98 Å². The van der Waals surface area contributed by atoms with Gasteiger partial charge in [0.1, 0.15) is 24.3 Å². The second kappa shape index (κ2) is 12.7. The van der Waals surface area contributed by atoms with Crippen molar-refractivity contribution in [3.63, 3.8) is 0 Å². The zero-order valence-corrected chi connectivity index (χ0v) is 19.7. The van der Waals surface area contributed by atoms with Gasteiger partial charge in [-0.2, -0.15) is 13.2 Å². The smallest absolute Gasteiger partial charge is 0.416 e. The van der Waals surface area contributed by atoms with Crippen LogP contribution in [-0.4, -0.2) is 31.1 Å². The van der Waals surface area contributed by atoms with Crippen LogP contribution in [0.25, 0.3) is 12.2 Å². The molecule has 0 bridgehead atoms. The Morgan fingerprint density at radius 3 is 2.47 bits per heavy atom. The average Bonchev–Trinajstić information content (AvgIpc) is 3.35. The molecule has 192 valence electrons. The molecule has 9 heteroatoms. The van der Waals surface area contributed by atoms with Gasteiger partial charge in [0, 0.05) is 12.7 Å². The van der Waals surface area contributed by atoms with Gasteiger partial charge in [0.2, 0.25) is 5.89 Å². The van der Waals surface area contributed by atoms with Gasteiger partial charge in [-0.15, -0.1) is 0 Å². The van der Waals surface area contributed by atoms with Crippen molar-refractivity contribution in [2.75, 3.05) is 19.8 Å². The molecule has 0 saturated carbocycles. The Labute approximate surface area is 207 Å². The predicted molar refractivity (Wildman–Crippen MR) is 127 cm³/mol. The summed E-state index contributed by atoms with van der Waals surface area (Å²) in [6, 6.07) is 12.4. The summed E-state index contributed by atoms with van der Waals surface area (Å²) in [4.78, 5) is 4.31. The van der Waals surface area contributed by atoms with Crippen LogP contribution in [0.3, 0.4) is 0 Å². The van der Waals surface area contributed by atoms with Crippen molar-refractivity contribution in [1.82, 2.24) is 4.98 Å². The summed E-state index contributed by atoms with van der Waals surface area (Å²) < 4.78 is 65.9. The lowest BCUT2D eigenvalue weighted by Crippen LogP contribution is -2.23. The average molecular weight is 504 g/mol. The summed E-state index contributed by atoms with van der Waals surface area (Å²) in [6.45, 7) is 2.47. The van der Waals surface area contributed by atoms with Crippen molar-refractivity contribution in [3.05, 3.63) is 83.1 Å². The first kappa shape index (κ1) is 25.9. The molecule has 6 nitrogen and oxygen atoms in total. The standard InChI is InChI=1S/C27H28F3NO5/c28-27(29,30)22-9-4-20(5-10-22)8-13-25-31-23(19-36-25)18-35-24-11-6-21(7-12-24)17-32-15-16-34-26-3-1-2-14-33-26/h4-13,19,26H,1-3,14-18H2/b13-8+. The van der Waals surface area contributed by atoms with Crippen LogP contribution in [0.1, 0.15) is 47.5 Å². The lowest BCUT2D eigenvalue weighted by Gasteiger charge is -2.22. The van der Waals surface area contributed by atoms with Gasteiger partial charge in [0.05, 0.1) is 25.4 Å². The van der Waals surface area contributed by atoms with Gasteiger partial charge in [-0.25, -0.2) is 4.98 Å². The maximum absolute atomic E-state index is 12.6. The van der Waals surface area contributed by atoms with Crippen LogP contribution in [0.15, 0.2) is 59.2 Å². The second-order valence-corrected chi connectivity index (χ2v) is 8.28. The Balaban J connectivity index is 1.16. The lowest BCUT2D eigenvalue weighted by molar-refractivity contribution is -0.169. The van der Waals surface area contributed by atoms with Gasteiger partial charge in [0.15, 0.2) is 6.29 Å². The van der Waals surface area contributed by atoms with E-state index in [1.165, 1.54) is 18.4 Å². The van der Waals surface area contributed by atoms with Gasteiger partial charge in [-0.05, 0) is 60.7 Å². The monoisotopic (exact) mass is 503 g/mol. The molecular formula is C27H28F3NO5. The van der Waals surface area contributed by atoms with Crippen LogP contribution in [0, 0.1) is 0 Å². The van der Waals surface area contributed by atoms with E-state index in [4.69, 9.17) is 23.4 Å². The number of halogens is 3. The van der Waals surface area contributed by atoms with Crippen molar-refractivity contribution in [2.45, 2.75) is 44.9 Å². The number of ether oxygens (including phenoxy) is 4. The summed E-state index contributed by atoms with van der Waals surface area (Å²) in [6.07, 6.45) is 3.43. The molecular weight excluding hydrogens is 475 g/mol. The fraction of sp³-hybridized carbons (Fsp3) is 0.370. The Hall–Kier alpha value is -3.14. The maximum atomic E-state index is 12.6. The lowest BCUT2D eigenvalue weighted by atomic mass is 10.1. The molecule has 1 aliphatic heterocycles. The number of benzene rings is 2. The fourth-order valence-corrected chi connectivity index (χ4v) is 3.53. The number of hydrogen-bond acceptors (Lipinski definition) is 6. The Morgan fingerprint density at radius 1 is 0.944 bits per heavy atom. The van der Waals surface area contributed by atoms with Gasteiger partial charge < -0.3 is 23.4 Å². The highest BCUT2D eigenvalue weighted by Gasteiger charge is 2.29. The van der Waals surface area contributed by atoms with E-state index in [-0.39, 0.29) is 12.9 Å². The summed E-state index contributed by atoms with van der Waals surface area (Å²) >= 11 is 0. The zero-order valence-electron chi connectivity index (χ0n) is 19.7. The first-order valence-electron chi connectivity index (χ1n) is 11.8. The fourth-order valence-electron chi connectivity index (χ4n) is 3.53. The van der Waals surface area contributed by atoms with E-state index in [1.807, 2.05) is 24.3 Å². The van der Waals surface area contributed by atoms with Crippen LogP contribution in [-0.2, 0) is 33.6 Å². The minimum Gasteiger partial charge on any atom is -0.487 e. The van der Waals surface area contributed by atoms with E-state index in [1.54, 1.807) is 12.2 Å². The van der Waals surface area contributed by atoms with Gasteiger partial charge in [0.25, 0.3) is 0 Å². The summed E-state index contributed by atoms with van der Waals surface area (Å²) in [5.74, 6) is 1.02. The van der Waals surface area contributed by atoms with Crippen LogP contribution in [0.4, 0.5) is 13.2 Å². The van der Waals surface area contributed by atoms with Crippen LogP contribution < -0.4 is 4.74 Å². The maximum Gasteiger partial charge on any atom is 0.416 e. The molecule has 1 atom stereocenters. The number of alkyl halides is 3. The van der Waals surface area contributed by atoms with Crippen LogP contribution in [0.2, 0.25) is 0 Å². The molecule has 3 aromatic rings. The van der Waals surface area contributed by atoms with E-state index in [0.717, 1.165) is 43.6 Å². The zero-order chi connectivity index (χ0) is 25.2. The summed E-state index contributed by atoms with van der Waals surface area (Å²) in [5, 5.41) is 0. The highest BCUT2D eigenvalue weighted by molar-refractivity contribution is 5.66. The minimum atomic E-state index is -4.35. The Kier molecular flexibility index (Phi) is 9.16. The molecule has 0 radical (unpaired) electrons. The molecule has 2 heterocycles. The highest BCUT2D eigenvalue weighted by Crippen LogP contribution is 2.29. The van der Waals surface area contributed by atoms with Crippen molar-refractivity contribution in [1.29, 1.82) is 0 Å². The van der Waals surface area contributed by atoms with Crippen LogP contribution in [0.5, 0.6) is 5.75 Å². The third-order valence-electron chi connectivity index (χ3n) is 5.47. The van der Waals surface area contributed by atoms with Crippen molar-refractivity contribution >= 4 is 12.2 Å². The first-order chi connectivity index (χ1) is 17.5. The van der Waals surface area contributed by atoms with Gasteiger partial charge >= 0.3 is 6.18 Å². The first-order valence-corrected chi connectivity index (χ1v) is 11.8. The minimum absolute atomic E-state index is 0.102. The van der Waals surface area contributed by atoms with E-state index in [0.29, 0.717) is 42.7 Å². The molecule has 1 aromatic heterocycles. The van der Waals surface area contributed by atoms with Gasteiger partial charge in [-0.3, -0.25) is 0 Å². The topological polar surface area (TPSA) is 63.0 Å². The Bertz CT molecular complexity index is 1090. The molecule has 1 unspecified atom stereocenters. The quantitative estimate of drug-likeness (QED) is 0.278. The number of oxazole rings is 1. The van der Waals surface area contributed by atoms with Crippen LogP contribution >= 0.6 is 0 Å². The third-order valence-corrected chi connectivity index (χ3v) is 5.47. The second-order valence-electron chi connectivity index (χ2n) is 8.28. The summed E-state index contributed by atoms with van der Waals surface area (Å²) in [7, 11) is 0. The molecule has 0 aliphatic carbocycles. The molecule has 1 fully saturated rings. The van der Waals surface area contributed by atoms with Gasteiger partial charge in [-0.1, -0.05) is 24.3 Å². The SMILES string of the molecule is FC(F)(F)c1ccc(/C=C/c2nc(COc3ccc(COCCOC4CCCCO4)cc3)co2)cc1. The molecule has 2 aromatic carbocycles. The molecule has 0 spiro atoms. The molecule has 0 N–H and O–H groups in total. The Morgan fingerprint density at radius 2 is 1.75 bits per heavy atom. The summed E-state index contributed by atoms with van der Waals surface area (Å²) in [5.41, 5.74) is 1.53. The molecule has 0 amide bonds. The normalized spacial score (nSPS) is 16.5. The van der Waals surface area contributed by atoms with Crippen molar-refractivity contribution in [2.24, 2.45) is 0 Å². The van der Waals surface area contributed by atoms with E-state index >= 15 is 0 Å². The van der Waals surface area contributed by atoms with E-state index in [9.17, 15) is 13.2 Å². The number of nitrogens with zero attached hydrogens (tertiary/aromatic N) is 1. The highest BCUT2D eigenvalue weighted by atomic mass is 19.4. The predicted octanol–water partition coefficient (Wildman–Crippen LogP) is 6.50. The largest absolute Gasteiger partial charge is 0.487 e. The number of rotatable bonds is 11. The molecule has 1 aliphatic rings. The number of aromatic nitrogens is 1. The van der Waals surface area contributed by atoms with Crippen molar-refractivity contribution in [3.8, 4) is 5.75 Å². The third kappa shape index (κ3) is 8.22.